The average molecular weight is 273 g/mol. The lowest BCUT2D eigenvalue weighted by molar-refractivity contribution is 0.870. The van der Waals surface area contributed by atoms with Gasteiger partial charge in [-0.2, -0.15) is 5.10 Å². The van der Waals surface area contributed by atoms with Crippen molar-refractivity contribution in [3.63, 3.8) is 0 Å². The summed E-state index contributed by atoms with van der Waals surface area (Å²) in [5, 5.41) is 16.8. The van der Waals surface area contributed by atoms with E-state index in [4.69, 9.17) is 0 Å². The minimum Gasteiger partial charge on any atom is -0.285 e. The minimum absolute atomic E-state index is 0.306. The molecule has 0 fully saturated rings. The highest BCUT2D eigenvalue weighted by molar-refractivity contribution is 9.09. The van der Waals surface area contributed by atoms with E-state index < -0.39 is 0 Å². The Hall–Kier alpha value is -0.750. The van der Waals surface area contributed by atoms with Gasteiger partial charge in [0.15, 0.2) is 5.01 Å². The predicted octanol–water partition coefficient (Wildman–Crippen LogP) is 2.77. The molecular formula is C8H9BrN4S. The highest BCUT2D eigenvalue weighted by atomic mass is 79.9. The van der Waals surface area contributed by atoms with Crippen molar-refractivity contribution in [2.24, 2.45) is 0 Å². The smallest absolute Gasteiger partial charge is 0.150 e. The molecule has 0 aliphatic heterocycles. The number of halogens is 1. The normalized spacial score (nSPS) is 13.0. The van der Waals surface area contributed by atoms with Crippen LogP contribution >= 0.6 is 27.3 Å². The molecule has 14 heavy (non-hydrogen) atoms. The fourth-order valence-corrected chi connectivity index (χ4v) is 2.28. The molecule has 0 aliphatic carbocycles. The summed E-state index contributed by atoms with van der Waals surface area (Å²) in [6.07, 6.45) is 4.58. The Labute approximate surface area is 93.9 Å². The van der Waals surface area contributed by atoms with Crippen LogP contribution in [0.3, 0.4) is 0 Å². The second-order valence-electron chi connectivity index (χ2n) is 2.81. The summed E-state index contributed by atoms with van der Waals surface area (Å²) in [7, 11) is 0. The highest BCUT2D eigenvalue weighted by Crippen LogP contribution is 2.31. The number of aromatic amines is 1. The number of rotatable bonds is 3. The molecule has 0 bridgehead atoms. The van der Waals surface area contributed by atoms with Gasteiger partial charge in [0, 0.05) is 6.20 Å². The maximum Gasteiger partial charge on any atom is 0.150 e. The largest absolute Gasteiger partial charge is 0.285 e. The maximum atomic E-state index is 4.12. The number of H-pyrrole nitrogens is 1. The second kappa shape index (κ2) is 4.18. The predicted molar refractivity (Wildman–Crippen MR) is 59.4 cm³/mol. The molecular weight excluding hydrogens is 264 g/mol. The first-order valence-corrected chi connectivity index (χ1v) is 6.01. The fourth-order valence-electron chi connectivity index (χ4n) is 1.02. The van der Waals surface area contributed by atoms with Crippen molar-refractivity contribution in [2.45, 2.75) is 18.2 Å². The van der Waals surface area contributed by atoms with Gasteiger partial charge in [0.05, 0.1) is 16.6 Å². The lowest BCUT2D eigenvalue weighted by Gasteiger charge is -1.97. The zero-order valence-corrected chi connectivity index (χ0v) is 9.97. The second-order valence-corrected chi connectivity index (χ2v) is 4.92. The third-order valence-corrected chi connectivity index (χ3v) is 4.28. The van der Waals surface area contributed by atoms with Crippen LogP contribution < -0.4 is 0 Å². The molecule has 6 heteroatoms. The van der Waals surface area contributed by atoms with Gasteiger partial charge in [0.1, 0.15) is 5.01 Å². The van der Waals surface area contributed by atoms with Crippen molar-refractivity contribution in [2.75, 3.05) is 0 Å². The van der Waals surface area contributed by atoms with E-state index in [0.717, 1.165) is 22.0 Å². The van der Waals surface area contributed by atoms with E-state index in [2.05, 4.69) is 43.2 Å². The molecule has 1 N–H and O–H groups in total. The molecule has 4 nitrogen and oxygen atoms in total. The van der Waals surface area contributed by atoms with Gasteiger partial charge in [-0.05, 0) is 6.42 Å². The van der Waals surface area contributed by atoms with Gasteiger partial charge in [0.2, 0.25) is 0 Å². The number of hydrogen-bond donors (Lipinski definition) is 1. The third-order valence-electron chi connectivity index (χ3n) is 1.81. The molecule has 0 aliphatic rings. The lowest BCUT2D eigenvalue weighted by Crippen LogP contribution is -1.84. The number of nitrogens with zero attached hydrogens (tertiary/aromatic N) is 3. The lowest BCUT2D eigenvalue weighted by atomic mass is 10.4. The van der Waals surface area contributed by atoms with Crippen molar-refractivity contribution in [3.8, 4) is 10.6 Å². The molecule has 2 aromatic heterocycles. The van der Waals surface area contributed by atoms with Crippen LogP contribution in [-0.2, 0) is 0 Å². The van der Waals surface area contributed by atoms with Gasteiger partial charge in [-0.25, -0.2) is 0 Å². The van der Waals surface area contributed by atoms with E-state index in [9.17, 15) is 0 Å². The quantitative estimate of drug-likeness (QED) is 0.875. The first kappa shape index (κ1) is 9.79. The van der Waals surface area contributed by atoms with Crippen molar-refractivity contribution in [1.82, 2.24) is 20.4 Å². The summed E-state index contributed by atoms with van der Waals surface area (Å²) in [5.74, 6) is 0. The average Bonchev–Trinajstić information content (AvgIpc) is 2.86. The summed E-state index contributed by atoms with van der Waals surface area (Å²) >= 11 is 5.14. The van der Waals surface area contributed by atoms with Crippen molar-refractivity contribution in [3.05, 3.63) is 17.4 Å². The van der Waals surface area contributed by atoms with Crippen LogP contribution in [-0.4, -0.2) is 20.4 Å². The standard InChI is InChI=1S/C8H9BrN4S/c1-2-6(9)8-13-12-7(14-8)5-3-10-11-4-5/h3-4,6H,2H2,1H3,(H,10,11). The molecule has 2 aromatic rings. The van der Waals surface area contributed by atoms with Crippen LogP contribution in [0.25, 0.3) is 10.6 Å². The Morgan fingerprint density at radius 2 is 2.43 bits per heavy atom. The van der Waals surface area contributed by atoms with Crippen LogP contribution in [0.4, 0.5) is 0 Å². The molecule has 0 saturated heterocycles. The molecule has 0 aromatic carbocycles. The third kappa shape index (κ3) is 1.85. The van der Waals surface area contributed by atoms with Gasteiger partial charge in [-0.1, -0.05) is 34.2 Å². The van der Waals surface area contributed by atoms with Gasteiger partial charge in [0.25, 0.3) is 0 Å². The Bertz CT molecular complexity index is 397. The van der Waals surface area contributed by atoms with E-state index in [0.29, 0.717) is 4.83 Å². The number of hydrogen-bond acceptors (Lipinski definition) is 4. The molecule has 1 unspecified atom stereocenters. The van der Waals surface area contributed by atoms with E-state index in [1.807, 2.05) is 6.20 Å². The van der Waals surface area contributed by atoms with Crippen LogP contribution in [0.2, 0.25) is 0 Å². The first-order valence-electron chi connectivity index (χ1n) is 4.28. The molecule has 0 saturated carbocycles. The van der Waals surface area contributed by atoms with Crippen LogP contribution in [0.1, 0.15) is 23.2 Å². The summed E-state index contributed by atoms with van der Waals surface area (Å²) in [5.41, 5.74) is 0.990. The van der Waals surface area contributed by atoms with Crippen molar-refractivity contribution >= 4 is 27.3 Å². The Morgan fingerprint density at radius 1 is 1.57 bits per heavy atom. The zero-order chi connectivity index (χ0) is 9.97. The van der Waals surface area contributed by atoms with E-state index in [1.165, 1.54) is 0 Å². The number of nitrogens with one attached hydrogen (secondary N) is 1. The van der Waals surface area contributed by atoms with E-state index in [-0.39, 0.29) is 0 Å². The van der Waals surface area contributed by atoms with Crippen molar-refractivity contribution in [1.29, 1.82) is 0 Å². The molecule has 2 heterocycles. The Kier molecular flexibility index (Phi) is 2.93. The summed E-state index contributed by atoms with van der Waals surface area (Å²) in [6, 6.07) is 0. The molecule has 0 amide bonds. The maximum absolute atomic E-state index is 4.12. The van der Waals surface area contributed by atoms with E-state index in [1.54, 1.807) is 17.5 Å². The Morgan fingerprint density at radius 3 is 3.07 bits per heavy atom. The first-order chi connectivity index (χ1) is 6.81. The summed E-state index contributed by atoms with van der Waals surface area (Å²) in [6.45, 7) is 2.11. The molecule has 0 spiro atoms. The molecule has 1 atom stereocenters. The van der Waals surface area contributed by atoms with Crippen molar-refractivity contribution < 1.29 is 0 Å². The van der Waals surface area contributed by atoms with Gasteiger partial charge in [-0.3, -0.25) is 5.10 Å². The SMILES string of the molecule is CCC(Br)c1nnc(-c2cn[nH]c2)s1. The van der Waals surface area contributed by atoms with Crippen LogP contribution in [0, 0.1) is 0 Å². The topological polar surface area (TPSA) is 54.5 Å². The number of aromatic nitrogens is 4. The van der Waals surface area contributed by atoms with Crippen LogP contribution in [0.5, 0.6) is 0 Å². The molecule has 2 rings (SSSR count). The minimum atomic E-state index is 0.306. The Balaban J connectivity index is 2.26. The zero-order valence-electron chi connectivity index (χ0n) is 7.57. The van der Waals surface area contributed by atoms with Crippen LogP contribution in [0.15, 0.2) is 12.4 Å². The van der Waals surface area contributed by atoms with Gasteiger partial charge < -0.3 is 0 Å². The summed E-state index contributed by atoms with van der Waals surface area (Å²) in [4.78, 5) is 0.306. The highest BCUT2D eigenvalue weighted by Gasteiger charge is 2.12. The van der Waals surface area contributed by atoms with E-state index >= 15 is 0 Å². The fraction of sp³-hybridized carbons (Fsp3) is 0.375. The number of alkyl halides is 1. The van der Waals surface area contributed by atoms with Gasteiger partial charge >= 0.3 is 0 Å². The monoisotopic (exact) mass is 272 g/mol. The molecule has 74 valence electrons. The summed E-state index contributed by atoms with van der Waals surface area (Å²) < 4.78 is 0. The molecule has 0 radical (unpaired) electrons. The van der Waals surface area contributed by atoms with Gasteiger partial charge in [-0.15, -0.1) is 10.2 Å².